The molecule has 3 heterocycles. The summed E-state index contributed by atoms with van der Waals surface area (Å²) in [5, 5.41) is 9.58. The van der Waals surface area contributed by atoms with Crippen LogP contribution < -0.4 is 11.3 Å². The molecule has 0 bridgehead atoms. The topological polar surface area (TPSA) is 111 Å². The number of amides is 1. The number of carbonyl (C=O) groups is 1. The molecule has 1 aromatic heterocycles. The maximum Gasteiger partial charge on any atom is 0.407 e. The lowest BCUT2D eigenvalue weighted by Gasteiger charge is -2.37. The zero-order valence-corrected chi connectivity index (χ0v) is 13.7. The Morgan fingerprint density at radius 3 is 2.84 bits per heavy atom. The molecule has 0 aliphatic carbocycles. The van der Waals surface area contributed by atoms with E-state index in [1.54, 1.807) is 29.1 Å². The van der Waals surface area contributed by atoms with Crippen molar-refractivity contribution >= 4 is 22.7 Å². The van der Waals surface area contributed by atoms with Crippen LogP contribution in [0.1, 0.15) is 25.3 Å². The van der Waals surface area contributed by atoms with Gasteiger partial charge in [-0.15, -0.1) is 0 Å². The van der Waals surface area contributed by atoms with Crippen LogP contribution in [-0.4, -0.2) is 50.9 Å². The van der Waals surface area contributed by atoms with Gasteiger partial charge in [0.1, 0.15) is 0 Å². The number of ether oxygens (including phenoxy) is 1. The Bertz CT molecular complexity index is 886. The molecule has 25 heavy (non-hydrogen) atoms. The predicted octanol–water partition coefficient (Wildman–Crippen LogP) is 1.45. The molecule has 1 unspecified atom stereocenters. The van der Waals surface area contributed by atoms with Gasteiger partial charge in [-0.05, 0) is 37.5 Å². The average Bonchev–Trinajstić information content (AvgIpc) is 2.99. The zero-order chi connectivity index (χ0) is 17.6. The summed E-state index contributed by atoms with van der Waals surface area (Å²) in [5.74, 6) is 0. The van der Waals surface area contributed by atoms with E-state index in [0.29, 0.717) is 55.5 Å². The van der Waals surface area contributed by atoms with E-state index in [1.807, 2.05) is 0 Å². The van der Waals surface area contributed by atoms with E-state index in [4.69, 9.17) is 15.6 Å². The summed E-state index contributed by atoms with van der Waals surface area (Å²) < 4.78 is 7.66. The van der Waals surface area contributed by atoms with E-state index < -0.39 is 6.09 Å². The minimum absolute atomic E-state index is 0.0952. The fourth-order valence-electron chi connectivity index (χ4n) is 3.87. The molecule has 0 saturated carbocycles. The van der Waals surface area contributed by atoms with Gasteiger partial charge in [0.15, 0.2) is 0 Å². The van der Waals surface area contributed by atoms with E-state index in [1.165, 1.54) is 4.90 Å². The number of nitrogens with two attached hydrogens (primary N) is 1. The summed E-state index contributed by atoms with van der Waals surface area (Å²) in [6.07, 6.45) is 2.67. The third kappa shape index (κ3) is 2.72. The number of nitrogen functional groups attached to an aromatic ring is 1. The molecule has 1 atom stereocenters. The molecule has 2 fully saturated rings. The number of fused-ring (bicyclic) bond motifs is 1. The van der Waals surface area contributed by atoms with Crippen LogP contribution in [0.25, 0.3) is 10.9 Å². The molecule has 4 rings (SSSR count). The van der Waals surface area contributed by atoms with Gasteiger partial charge in [0, 0.05) is 18.8 Å². The monoisotopic (exact) mass is 344 g/mol. The lowest BCUT2D eigenvalue weighted by Crippen LogP contribution is -2.46. The predicted molar refractivity (Wildman–Crippen MR) is 91.6 cm³/mol. The van der Waals surface area contributed by atoms with E-state index >= 15 is 0 Å². The zero-order valence-electron chi connectivity index (χ0n) is 13.7. The number of rotatable bonds is 1. The summed E-state index contributed by atoms with van der Waals surface area (Å²) in [6, 6.07) is 5.02. The number of piperidine rings is 1. The van der Waals surface area contributed by atoms with Gasteiger partial charge >= 0.3 is 6.09 Å². The lowest BCUT2D eigenvalue weighted by molar-refractivity contribution is -0.0396. The molecular formula is C17H20N4O4. The van der Waals surface area contributed by atoms with Gasteiger partial charge in [-0.25, -0.2) is 9.78 Å². The minimum Gasteiger partial charge on any atom is -0.465 e. The fourth-order valence-corrected chi connectivity index (χ4v) is 3.87. The third-order valence-electron chi connectivity index (χ3n) is 5.33. The third-order valence-corrected chi connectivity index (χ3v) is 5.33. The van der Waals surface area contributed by atoms with Crippen LogP contribution >= 0.6 is 0 Å². The van der Waals surface area contributed by atoms with Crippen molar-refractivity contribution in [2.75, 3.05) is 25.4 Å². The molecule has 8 heteroatoms. The number of hydrogen-bond donors (Lipinski definition) is 2. The lowest BCUT2D eigenvalue weighted by atomic mass is 9.87. The standard InChI is InChI=1S/C17H20N4O4/c18-11-1-2-14-13(7-11)15(22)21(10-19-14)12-8-17(25-9-12)3-5-20(6-4-17)16(23)24/h1-2,7,10,12H,3-6,8-9,18H2,(H,23,24). The second-order valence-electron chi connectivity index (χ2n) is 6.86. The Balaban J connectivity index is 1.58. The first-order chi connectivity index (χ1) is 12.0. The summed E-state index contributed by atoms with van der Waals surface area (Å²) in [7, 11) is 0. The first-order valence-electron chi connectivity index (χ1n) is 8.36. The SMILES string of the molecule is Nc1ccc2ncn(C3COC4(CCN(C(=O)O)CC4)C3)c(=O)c2c1. The van der Waals surface area contributed by atoms with Crippen LogP contribution in [0.3, 0.4) is 0 Å². The van der Waals surface area contributed by atoms with Crippen LogP contribution in [0.2, 0.25) is 0 Å². The molecule has 0 radical (unpaired) electrons. The van der Waals surface area contributed by atoms with Crippen molar-refractivity contribution in [3.63, 3.8) is 0 Å². The molecule has 2 aliphatic heterocycles. The van der Waals surface area contributed by atoms with Crippen LogP contribution in [-0.2, 0) is 4.74 Å². The van der Waals surface area contributed by atoms with Gasteiger partial charge in [-0.3, -0.25) is 9.36 Å². The first-order valence-corrected chi connectivity index (χ1v) is 8.36. The molecule has 8 nitrogen and oxygen atoms in total. The molecule has 2 aliphatic rings. The number of benzene rings is 1. The van der Waals surface area contributed by atoms with Crippen molar-refractivity contribution in [2.24, 2.45) is 0 Å². The van der Waals surface area contributed by atoms with Gasteiger partial charge < -0.3 is 20.5 Å². The van der Waals surface area contributed by atoms with E-state index in [2.05, 4.69) is 4.98 Å². The Hall–Kier alpha value is -2.61. The highest BCUT2D eigenvalue weighted by molar-refractivity contribution is 5.80. The molecule has 132 valence electrons. The van der Waals surface area contributed by atoms with Gasteiger partial charge in [0.2, 0.25) is 0 Å². The Morgan fingerprint density at radius 1 is 1.36 bits per heavy atom. The highest BCUT2D eigenvalue weighted by Crippen LogP contribution is 2.40. The number of carboxylic acid groups (broad SMARTS) is 1. The van der Waals surface area contributed by atoms with Crippen molar-refractivity contribution in [1.82, 2.24) is 14.5 Å². The smallest absolute Gasteiger partial charge is 0.407 e. The highest BCUT2D eigenvalue weighted by Gasteiger charge is 2.44. The number of hydrogen-bond acceptors (Lipinski definition) is 5. The molecule has 2 aromatic rings. The Kier molecular flexibility index (Phi) is 3.64. The van der Waals surface area contributed by atoms with Crippen LogP contribution in [0.4, 0.5) is 10.5 Å². The largest absolute Gasteiger partial charge is 0.465 e. The first kappa shape index (κ1) is 15.9. The summed E-state index contributed by atoms with van der Waals surface area (Å²) in [4.78, 5) is 29.6. The van der Waals surface area contributed by atoms with E-state index in [9.17, 15) is 9.59 Å². The van der Waals surface area contributed by atoms with Gasteiger partial charge in [0.25, 0.3) is 5.56 Å². The van der Waals surface area contributed by atoms with Crippen molar-refractivity contribution < 1.29 is 14.6 Å². The highest BCUT2D eigenvalue weighted by atomic mass is 16.5. The molecule has 3 N–H and O–H groups in total. The van der Waals surface area contributed by atoms with Crippen molar-refractivity contribution in [1.29, 1.82) is 0 Å². The fraction of sp³-hybridized carbons (Fsp3) is 0.471. The van der Waals surface area contributed by atoms with Crippen LogP contribution in [0.5, 0.6) is 0 Å². The number of likely N-dealkylation sites (tertiary alicyclic amines) is 1. The van der Waals surface area contributed by atoms with Gasteiger partial charge in [0.05, 0.1) is 35.5 Å². The minimum atomic E-state index is -0.892. The number of nitrogens with zero attached hydrogens (tertiary/aromatic N) is 3. The normalized spacial score (nSPS) is 22.6. The molecule has 1 amide bonds. The van der Waals surface area contributed by atoms with Gasteiger partial charge in [-0.1, -0.05) is 0 Å². The maximum absolute atomic E-state index is 12.8. The molecule has 1 spiro atoms. The Morgan fingerprint density at radius 2 is 2.12 bits per heavy atom. The summed E-state index contributed by atoms with van der Waals surface area (Å²) in [5.41, 5.74) is 6.48. The number of aromatic nitrogens is 2. The van der Waals surface area contributed by atoms with Crippen LogP contribution in [0.15, 0.2) is 29.3 Å². The van der Waals surface area contributed by atoms with Gasteiger partial charge in [-0.2, -0.15) is 0 Å². The number of anilines is 1. The molecule has 1 aromatic carbocycles. The maximum atomic E-state index is 12.8. The van der Waals surface area contributed by atoms with E-state index in [0.717, 1.165) is 0 Å². The average molecular weight is 344 g/mol. The van der Waals surface area contributed by atoms with Crippen molar-refractivity contribution in [3.8, 4) is 0 Å². The summed E-state index contributed by atoms with van der Waals surface area (Å²) in [6.45, 7) is 1.36. The second kappa shape index (κ2) is 5.73. The van der Waals surface area contributed by atoms with Crippen molar-refractivity contribution in [3.05, 3.63) is 34.9 Å². The van der Waals surface area contributed by atoms with Crippen LogP contribution in [0, 0.1) is 0 Å². The van der Waals surface area contributed by atoms with Crippen molar-refractivity contribution in [2.45, 2.75) is 30.9 Å². The quantitative estimate of drug-likeness (QED) is 0.758. The summed E-state index contributed by atoms with van der Waals surface area (Å²) >= 11 is 0. The Labute approximate surface area is 143 Å². The molecular weight excluding hydrogens is 324 g/mol. The van der Waals surface area contributed by atoms with E-state index in [-0.39, 0.29) is 17.2 Å². The molecule has 2 saturated heterocycles. The second-order valence-corrected chi connectivity index (χ2v) is 6.86.